The van der Waals surface area contributed by atoms with E-state index in [2.05, 4.69) is 15.0 Å². The molecular formula is C11H14N4O5. The van der Waals surface area contributed by atoms with Gasteiger partial charge in [-0.1, -0.05) is 0 Å². The molecule has 0 aromatic carbocycles. The lowest BCUT2D eigenvalue weighted by molar-refractivity contribution is -0.0535. The first-order valence-corrected chi connectivity index (χ1v) is 6.04. The van der Waals surface area contributed by atoms with Crippen molar-refractivity contribution < 1.29 is 19.7 Å². The van der Waals surface area contributed by atoms with Gasteiger partial charge in [-0.25, -0.2) is 9.97 Å². The fraction of sp³-hybridized carbons (Fsp3) is 0.545. The van der Waals surface area contributed by atoms with Crippen LogP contribution in [-0.4, -0.2) is 61.8 Å². The number of ether oxygens (including phenoxy) is 2. The van der Waals surface area contributed by atoms with Gasteiger partial charge >= 0.3 is 0 Å². The van der Waals surface area contributed by atoms with Crippen LogP contribution < -0.4 is 5.56 Å². The zero-order valence-corrected chi connectivity index (χ0v) is 10.6. The van der Waals surface area contributed by atoms with Crippen molar-refractivity contribution in [2.24, 2.45) is 0 Å². The first-order chi connectivity index (χ1) is 9.67. The van der Waals surface area contributed by atoms with Gasteiger partial charge in [-0.15, -0.1) is 0 Å². The van der Waals surface area contributed by atoms with Crippen molar-refractivity contribution in [1.29, 1.82) is 0 Å². The summed E-state index contributed by atoms with van der Waals surface area (Å²) in [4.78, 5) is 22.0. The van der Waals surface area contributed by atoms with E-state index in [9.17, 15) is 15.0 Å². The molecule has 20 heavy (non-hydrogen) atoms. The Kier molecular flexibility index (Phi) is 3.26. The van der Waals surface area contributed by atoms with Crippen LogP contribution in [0, 0.1) is 0 Å². The van der Waals surface area contributed by atoms with Crippen LogP contribution in [0.2, 0.25) is 0 Å². The van der Waals surface area contributed by atoms with Crippen LogP contribution in [0.1, 0.15) is 6.23 Å². The Hall–Kier alpha value is -1.81. The lowest BCUT2D eigenvalue weighted by Crippen LogP contribution is -2.35. The highest BCUT2D eigenvalue weighted by Gasteiger charge is 2.45. The minimum Gasteiger partial charge on any atom is -0.394 e. The maximum Gasteiger partial charge on any atom is 0.278 e. The minimum atomic E-state index is -1.00. The molecule has 108 valence electrons. The Labute approximate surface area is 112 Å². The predicted molar refractivity (Wildman–Crippen MR) is 65.9 cm³/mol. The van der Waals surface area contributed by atoms with Crippen molar-refractivity contribution in [3.05, 3.63) is 23.0 Å². The molecule has 2 aromatic heterocycles. The number of hydrogen-bond acceptors (Lipinski definition) is 7. The summed E-state index contributed by atoms with van der Waals surface area (Å²) in [7, 11) is 1.43. The van der Waals surface area contributed by atoms with Crippen molar-refractivity contribution in [2.45, 2.75) is 24.5 Å². The second-order valence-corrected chi connectivity index (χ2v) is 4.49. The number of aliphatic hydroxyl groups excluding tert-OH is 2. The van der Waals surface area contributed by atoms with E-state index >= 15 is 0 Å². The molecule has 0 spiro atoms. The monoisotopic (exact) mass is 282 g/mol. The molecule has 0 bridgehead atoms. The normalized spacial score (nSPS) is 30.1. The number of fused-ring (bicyclic) bond motifs is 1. The third-order valence-electron chi connectivity index (χ3n) is 3.40. The van der Waals surface area contributed by atoms with Crippen molar-refractivity contribution in [3.63, 3.8) is 0 Å². The number of nitrogens with one attached hydrogen (secondary N) is 1. The van der Waals surface area contributed by atoms with E-state index in [1.54, 1.807) is 0 Å². The standard InChI is InChI=1S/C11H14N4O5/c1-19-8-5(2-16)20-11(7(8)17)15-4-14-6-9(15)12-3-13-10(6)18/h3-5,7-8,11,16-17H,2H2,1H3,(H,12,13,18)/t5-,7?,8+,11-/m1/s1. The summed E-state index contributed by atoms with van der Waals surface area (Å²) in [5.74, 6) is 0. The topological polar surface area (TPSA) is 122 Å². The zero-order valence-electron chi connectivity index (χ0n) is 10.6. The lowest BCUT2D eigenvalue weighted by Gasteiger charge is -2.17. The Bertz CT molecular complexity index is 668. The molecule has 1 fully saturated rings. The van der Waals surface area contributed by atoms with Crippen molar-refractivity contribution >= 4 is 11.2 Å². The highest BCUT2D eigenvalue weighted by molar-refractivity contribution is 5.68. The van der Waals surface area contributed by atoms with Gasteiger partial charge < -0.3 is 24.7 Å². The molecular weight excluding hydrogens is 268 g/mol. The number of rotatable bonds is 3. The molecule has 9 nitrogen and oxygen atoms in total. The second-order valence-electron chi connectivity index (χ2n) is 4.49. The summed E-state index contributed by atoms with van der Waals surface area (Å²) in [6.07, 6.45) is -0.523. The van der Waals surface area contributed by atoms with E-state index in [-0.39, 0.29) is 17.7 Å². The number of imidazole rings is 1. The molecule has 4 atom stereocenters. The van der Waals surface area contributed by atoms with E-state index in [1.807, 2.05) is 0 Å². The molecule has 0 amide bonds. The molecule has 0 aliphatic carbocycles. The van der Waals surface area contributed by atoms with Gasteiger partial charge in [0.2, 0.25) is 0 Å². The second kappa shape index (κ2) is 4.94. The van der Waals surface area contributed by atoms with E-state index in [0.29, 0.717) is 5.65 Å². The predicted octanol–water partition coefficient (Wildman–Crippen LogP) is -1.61. The number of hydrogen-bond donors (Lipinski definition) is 3. The summed E-state index contributed by atoms with van der Waals surface area (Å²) in [6, 6.07) is 0. The van der Waals surface area contributed by atoms with Gasteiger partial charge in [0.25, 0.3) is 5.56 Å². The average Bonchev–Trinajstić information content (AvgIpc) is 3.00. The molecule has 0 saturated carbocycles. The van der Waals surface area contributed by atoms with Crippen LogP contribution in [-0.2, 0) is 9.47 Å². The van der Waals surface area contributed by atoms with Crippen molar-refractivity contribution in [2.75, 3.05) is 13.7 Å². The molecule has 1 aliphatic rings. The molecule has 1 aliphatic heterocycles. The summed E-state index contributed by atoms with van der Waals surface area (Å²) in [6.45, 7) is -0.285. The number of aromatic amines is 1. The molecule has 2 aromatic rings. The van der Waals surface area contributed by atoms with Gasteiger partial charge in [0.1, 0.15) is 18.3 Å². The maximum absolute atomic E-state index is 11.6. The van der Waals surface area contributed by atoms with Gasteiger partial charge in [0.05, 0.1) is 19.3 Å². The minimum absolute atomic E-state index is 0.157. The molecule has 3 heterocycles. The first-order valence-electron chi connectivity index (χ1n) is 6.04. The number of aromatic nitrogens is 4. The number of methoxy groups -OCH3 is 1. The third-order valence-corrected chi connectivity index (χ3v) is 3.40. The smallest absolute Gasteiger partial charge is 0.278 e. The van der Waals surface area contributed by atoms with Crippen LogP contribution >= 0.6 is 0 Å². The SMILES string of the molecule is CO[C@@H]1C(O)[C@H](n2cnc3c(=O)[nH]cnc32)O[C@@H]1CO. The Morgan fingerprint density at radius 2 is 2.35 bits per heavy atom. The summed E-state index contributed by atoms with van der Waals surface area (Å²) in [5, 5.41) is 19.5. The number of aliphatic hydroxyl groups is 2. The quantitative estimate of drug-likeness (QED) is 0.618. The zero-order chi connectivity index (χ0) is 14.3. The van der Waals surface area contributed by atoms with E-state index in [4.69, 9.17) is 9.47 Å². The molecule has 0 radical (unpaired) electrons. The molecule has 1 saturated heterocycles. The largest absolute Gasteiger partial charge is 0.394 e. The summed E-state index contributed by atoms with van der Waals surface area (Å²) in [5.41, 5.74) is 0.0826. The van der Waals surface area contributed by atoms with Crippen molar-refractivity contribution in [3.8, 4) is 0 Å². The molecule has 3 N–H and O–H groups in total. The highest BCUT2D eigenvalue weighted by Crippen LogP contribution is 2.32. The fourth-order valence-electron chi connectivity index (χ4n) is 2.44. The molecule has 3 rings (SSSR count). The molecule has 1 unspecified atom stereocenters. The maximum atomic E-state index is 11.6. The number of nitrogens with zero attached hydrogens (tertiary/aromatic N) is 3. The third kappa shape index (κ3) is 1.83. The van der Waals surface area contributed by atoms with Gasteiger partial charge in [-0.3, -0.25) is 9.36 Å². The average molecular weight is 282 g/mol. The lowest BCUT2D eigenvalue weighted by atomic mass is 10.1. The van der Waals surface area contributed by atoms with Crippen LogP contribution in [0.5, 0.6) is 0 Å². The van der Waals surface area contributed by atoms with Gasteiger partial charge in [0, 0.05) is 7.11 Å². The van der Waals surface area contributed by atoms with Crippen LogP contribution in [0.3, 0.4) is 0 Å². The first kappa shape index (κ1) is 13.2. The van der Waals surface area contributed by atoms with Gasteiger partial charge in [0.15, 0.2) is 17.4 Å². The van der Waals surface area contributed by atoms with Crippen molar-refractivity contribution in [1.82, 2.24) is 19.5 Å². The highest BCUT2D eigenvalue weighted by atomic mass is 16.6. The van der Waals surface area contributed by atoms with E-state index < -0.39 is 24.5 Å². The van der Waals surface area contributed by atoms with E-state index in [1.165, 1.54) is 24.3 Å². The van der Waals surface area contributed by atoms with Gasteiger partial charge in [-0.05, 0) is 0 Å². The fourth-order valence-corrected chi connectivity index (χ4v) is 2.44. The Balaban J connectivity index is 2.04. The van der Waals surface area contributed by atoms with Crippen LogP contribution in [0.15, 0.2) is 17.4 Å². The number of H-pyrrole nitrogens is 1. The van der Waals surface area contributed by atoms with Gasteiger partial charge in [-0.2, -0.15) is 0 Å². The van der Waals surface area contributed by atoms with Crippen LogP contribution in [0.25, 0.3) is 11.2 Å². The summed E-state index contributed by atoms with van der Waals surface area (Å²) >= 11 is 0. The van der Waals surface area contributed by atoms with E-state index in [0.717, 1.165) is 0 Å². The summed E-state index contributed by atoms with van der Waals surface area (Å²) < 4.78 is 12.2. The Morgan fingerprint density at radius 1 is 1.55 bits per heavy atom. The Morgan fingerprint density at radius 3 is 3.00 bits per heavy atom. The van der Waals surface area contributed by atoms with Crippen LogP contribution in [0.4, 0.5) is 0 Å². The molecule has 9 heteroatoms.